The minimum atomic E-state index is -4.36. The third-order valence-corrected chi connectivity index (χ3v) is 7.27. The zero-order chi connectivity index (χ0) is 24.7. The first-order valence-electron chi connectivity index (χ1n) is 11.5. The monoisotopic (exact) mass is 489 g/mol. The summed E-state index contributed by atoms with van der Waals surface area (Å²) >= 11 is 1.31. The molecule has 182 valence electrons. The van der Waals surface area contributed by atoms with E-state index in [1.54, 1.807) is 13.0 Å². The molecular weight excluding hydrogens is 459 g/mol. The van der Waals surface area contributed by atoms with Crippen molar-refractivity contribution in [1.29, 1.82) is 0 Å². The molecule has 0 spiro atoms. The lowest BCUT2D eigenvalue weighted by atomic mass is 9.93. The Kier molecular flexibility index (Phi) is 6.73. The molecule has 4 rings (SSSR count). The van der Waals surface area contributed by atoms with Gasteiger partial charge in [0, 0.05) is 41.8 Å². The van der Waals surface area contributed by atoms with Crippen LogP contribution in [0, 0.1) is 5.92 Å². The van der Waals surface area contributed by atoms with Crippen LogP contribution in [-0.2, 0) is 22.9 Å². The molecule has 2 heterocycles. The molecule has 3 aromatic rings. The Hall–Kier alpha value is -2.48. The van der Waals surface area contributed by atoms with Gasteiger partial charge in [-0.2, -0.15) is 13.2 Å². The molecule has 8 heteroatoms. The molecule has 1 fully saturated rings. The average molecular weight is 490 g/mol. The number of hydrogen-bond donors (Lipinski definition) is 0. The van der Waals surface area contributed by atoms with E-state index < -0.39 is 11.7 Å². The predicted octanol–water partition coefficient (Wildman–Crippen LogP) is 6.76. The minimum Gasteiger partial charge on any atom is -0.343 e. The Bertz CT molecular complexity index is 1190. The topological polar surface area (TPSA) is 38.1 Å². The lowest BCUT2D eigenvalue weighted by Gasteiger charge is -2.32. The molecule has 0 N–H and O–H groups in total. The predicted molar refractivity (Wildman–Crippen MR) is 129 cm³/mol. The summed E-state index contributed by atoms with van der Waals surface area (Å²) in [6, 6.07) is 11.3. The molecule has 1 aliphatic rings. The van der Waals surface area contributed by atoms with E-state index in [0.29, 0.717) is 10.8 Å². The number of halogens is 3. The van der Waals surface area contributed by atoms with Crippen molar-refractivity contribution >= 4 is 28.7 Å². The molecule has 0 saturated carbocycles. The quantitative estimate of drug-likeness (QED) is 0.406. The van der Waals surface area contributed by atoms with Crippen molar-refractivity contribution in [1.82, 2.24) is 14.5 Å². The van der Waals surface area contributed by atoms with Gasteiger partial charge in [-0.3, -0.25) is 4.79 Å². The van der Waals surface area contributed by atoms with E-state index in [1.807, 2.05) is 23.1 Å². The van der Waals surface area contributed by atoms with Gasteiger partial charge in [-0.1, -0.05) is 38.6 Å². The summed E-state index contributed by atoms with van der Waals surface area (Å²) < 4.78 is 41.6. The van der Waals surface area contributed by atoms with Gasteiger partial charge in [0.2, 0.25) is 5.91 Å². The highest BCUT2D eigenvalue weighted by molar-refractivity contribution is 7.99. The number of likely N-dealkylation sites (tertiary alicyclic amines) is 1. The number of benzene rings is 2. The van der Waals surface area contributed by atoms with E-state index >= 15 is 0 Å². The van der Waals surface area contributed by atoms with Gasteiger partial charge in [0.05, 0.1) is 16.6 Å². The van der Waals surface area contributed by atoms with Gasteiger partial charge >= 0.3 is 6.18 Å². The van der Waals surface area contributed by atoms with E-state index in [1.165, 1.54) is 23.9 Å². The number of imidazole rings is 1. The number of fused-ring (bicyclic) bond motifs is 1. The molecule has 4 nitrogen and oxygen atoms in total. The van der Waals surface area contributed by atoms with Crippen LogP contribution < -0.4 is 0 Å². The summed E-state index contributed by atoms with van der Waals surface area (Å²) in [4.78, 5) is 19.9. The second-order valence-corrected chi connectivity index (χ2v) is 11.2. The summed E-state index contributed by atoms with van der Waals surface area (Å²) in [6.07, 6.45) is -2.43. The first-order chi connectivity index (χ1) is 15.9. The minimum absolute atomic E-state index is 0.132. The van der Waals surface area contributed by atoms with Crippen LogP contribution in [-0.4, -0.2) is 33.4 Å². The molecule has 1 aromatic heterocycles. The number of carbonyl (C=O) groups is 1. The summed E-state index contributed by atoms with van der Waals surface area (Å²) in [5.74, 6) is 1.60. The standard InChI is InChI=1S/C26H30F3N3OS/c1-17(33)31-12-10-18(11-13-31)16-32-23-9-8-21(15-22(23)30-24(32)25(2,3)4)34-20-7-5-6-19(14-20)26(27,28)29/h5-9,14-15,18H,10-13,16H2,1-4H3. The molecule has 0 atom stereocenters. The van der Waals surface area contributed by atoms with E-state index in [9.17, 15) is 18.0 Å². The van der Waals surface area contributed by atoms with Crippen LogP contribution in [0.15, 0.2) is 52.3 Å². The molecule has 1 saturated heterocycles. The van der Waals surface area contributed by atoms with Crippen molar-refractivity contribution in [3.63, 3.8) is 0 Å². The number of hydrogen-bond acceptors (Lipinski definition) is 3. The summed E-state index contributed by atoms with van der Waals surface area (Å²) in [5.41, 5.74) is 1.08. The van der Waals surface area contributed by atoms with Crippen molar-refractivity contribution in [2.75, 3.05) is 13.1 Å². The van der Waals surface area contributed by atoms with Crippen LogP contribution >= 0.6 is 11.8 Å². The Balaban J connectivity index is 1.61. The molecule has 1 aliphatic heterocycles. The molecule has 34 heavy (non-hydrogen) atoms. The van der Waals surface area contributed by atoms with E-state index in [4.69, 9.17) is 4.98 Å². The van der Waals surface area contributed by atoms with Gasteiger partial charge in [0.15, 0.2) is 0 Å². The van der Waals surface area contributed by atoms with Crippen LogP contribution in [0.4, 0.5) is 13.2 Å². The Morgan fingerprint density at radius 1 is 1.06 bits per heavy atom. The molecule has 2 aromatic carbocycles. The number of alkyl halides is 3. The lowest BCUT2D eigenvalue weighted by Crippen LogP contribution is -2.38. The van der Waals surface area contributed by atoms with E-state index in [2.05, 4.69) is 25.3 Å². The molecule has 0 aliphatic carbocycles. The smallest absolute Gasteiger partial charge is 0.343 e. The number of carbonyl (C=O) groups excluding carboxylic acids is 1. The zero-order valence-corrected chi connectivity index (χ0v) is 20.8. The fourth-order valence-electron chi connectivity index (χ4n) is 4.49. The maximum atomic E-state index is 13.1. The number of rotatable bonds is 4. The van der Waals surface area contributed by atoms with Crippen LogP contribution in [0.5, 0.6) is 0 Å². The third-order valence-electron chi connectivity index (χ3n) is 6.29. The lowest BCUT2D eigenvalue weighted by molar-refractivity contribution is -0.137. The highest BCUT2D eigenvalue weighted by atomic mass is 32.2. The van der Waals surface area contributed by atoms with Crippen LogP contribution in [0.3, 0.4) is 0 Å². The van der Waals surface area contributed by atoms with Crippen LogP contribution in [0.25, 0.3) is 11.0 Å². The van der Waals surface area contributed by atoms with Crippen LogP contribution in [0.2, 0.25) is 0 Å². The van der Waals surface area contributed by atoms with E-state index in [0.717, 1.165) is 60.3 Å². The Morgan fingerprint density at radius 2 is 1.74 bits per heavy atom. The zero-order valence-electron chi connectivity index (χ0n) is 19.9. The van der Waals surface area contributed by atoms with Crippen molar-refractivity contribution in [2.24, 2.45) is 5.92 Å². The molecule has 0 bridgehead atoms. The fourth-order valence-corrected chi connectivity index (χ4v) is 5.40. The summed E-state index contributed by atoms with van der Waals surface area (Å²) in [6.45, 7) is 10.5. The molecule has 0 unspecified atom stereocenters. The maximum absolute atomic E-state index is 13.1. The number of nitrogens with zero attached hydrogens (tertiary/aromatic N) is 3. The number of piperidine rings is 1. The van der Waals surface area contributed by atoms with Gasteiger partial charge in [0.25, 0.3) is 0 Å². The van der Waals surface area contributed by atoms with Gasteiger partial charge in [-0.05, 0) is 55.2 Å². The second kappa shape index (κ2) is 9.29. The van der Waals surface area contributed by atoms with Crippen molar-refractivity contribution in [3.8, 4) is 0 Å². The van der Waals surface area contributed by atoms with Gasteiger partial charge in [-0.15, -0.1) is 0 Å². The Morgan fingerprint density at radius 3 is 2.35 bits per heavy atom. The highest BCUT2D eigenvalue weighted by Crippen LogP contribution is 2.36. The van der Waals surface area contributed by atoms with Crippen molar-refractivity contribution in [2.45, 2.75) is 68.5 Å². The van der Waals surface area contributed by atoms with Gasteiger partial charge in [0.1, 0.15) is 5.82 Å². The van der Waals surface area contributed by atoms with Crippen LogP contribution in [0.1, 0.15) is 51.9 Å². The average Bonchev–Trinajstić information content (AvgIpc) is 3.12. The fraction of sp³-hybridized carbons (Fsp3) is 0.462. The van der Waals surface area contributed by atoms with Crippen molar-refractivity contribution in [3.05, 3.63) is 53.9 Å². The number of aromatic nitrogens is 2. The second-order valence-electron chi connectivity index (χ2n) is 10.0. The SMILES string of the molecule is CC(=O)N1CCC(Cn2c(C(C)(C)C)nc3cc(Sc4cccc(C(F)(F)F)c4)ccc32)CC1. The number of amides is 1. The molecule has 0 radical (unpaired) electrons. The third kappa shape index (κ3) is 5.43. The normalized spacial score (nSPS) is 15.8. The van der Waals surface area contributed by atoms with Gasteiger partial charge in [-0.25, -0.2) is 4.98 Å². The highest BCUT2D eigenvalue weighted by Gasteiger charge is 2.30. The first kappa shape index (κ1) is 24.6. The van der Waals surface area contributed by atoms with E-state index in [-0.39, 0.29) is 11.3 Å². The maximum Gasteiger partial charge on any atom is 0.416 e. The summed E-state index contributed by atoms with van der Waals surface area (Å²) in [5, 5.41) is 0. The van der Waals surface area contributed by atoms with Crippen molar-refractivity contribution < 1.29 is 18.0 Å². The summed E-state index contributed by atoms with van der Waals surface area (Å²) in [7, 11) is 0. The largest absolute Gasteiger partial charge is 0.416 e. The van der Waals surface area contributed by atoms with Gasteiger partial charge < -0.3 is 9.47 Å². The first-order valence-corrected chi connectivity index (χ1v) is 12.3. The molecule has 1 amide bonds. The Labute approximate surface area is 202 Å². The molecular formula is C26H30F3N3OS.